The fourth-order valence-electron chi connectivity index (χ4n) is 2.65. The normalized spacial score (nSPS) is 11.2. The zero-order chi connectivity index (χ0) is 18.7. The quantitative estimate of drug-likeness (QED) is 0.782. The van der Waals surface area contributed by atoms with Crippen LogP contribution in [-0.2, 0) is 4.79 Å². The number of carbonyl (C=O) groups excluding carboxylic acids is 1. The van der Waals surface area contributed by atoms with Crippen molar-refractivity contribution in [3.05, 3.63) is 41.0 Å². The molecule has 0 aliphatic carbocycles. The molecule has 0 radical (unpaired) electrons. The number of halogens is 1. The van der Waals surface area contributed by atoms with Crippen molar-refractivity contribution in [3.8, 4) is 10.4 Å². The molecule has 134 valence electrons. The van der Waals surface area contributed by atoms with Crippen LogP contribution < -0.4 is 4.90 Å². The largest absolute Gasteiger partial charge is 0.477 e. The predicted octanol–water partition coefficient (Wildman–Crippen LogP) is 5.04. The van der Waals surface area contributed by atoms with E-state index in [-0.39, 0.29) is 28.6 Å². The minimum absolute atomic E-state index is 0.0880. The minimum Gasteiger partial charge on any atom is -0.477 e. The number of carboxylic acids is 1. The van der Waals surface area contributed by atoms with E-state index in [1.54, 1.807) is 18.2 Å². The van der Waals surface area contributed by atoms with E-state index in [0.717, 1.165) is 11.3 Å². The summed E-state index contributed by atoms with van der Waals surface area (Å²) < 4.78 is 13.5. The van der Waals surface area contributed by atoms with Crippen LogP contribution in [0, 0.1) is 11.7 Å². The zero-order valence-electron chi connectivity index (χ0n) is 14.7. The number of aromatic carboxylic acids is 1. The van der Waals surface area contributed by atoms with Crippen LogP contribution in [0.2, 0.25) is 0 Å². The smallest absolute Gasteiger partial charge is 0.348 e. The molecule has 0 saturated carbocycles. The Morgan fingerprint density at radius 2 is 1.88 bits per heavy atom. The fourth-order valence-corrected chi connectivity index (χ4v) is 3.63. The van der Waals surface area contributed by atoms with Gasteiger partial charge in [-0.05, 0) is 43.5 Å². The number of hydrogen-bond acceptors (Lipinski definition) is 3. The van der Waals surface area contributed by atoms with E-state index < -0.39 is 5.97 Å². The van der Waals surface area contributed by atoms with Gasteiger partial charge in [-0.15, -0.1) is 11.3 Å². The summed E-state index contributed by atoms with van der Waals surface area (Å²) in [6.07, 6.45) is 0.336. The van der Waals surface area contributed by atoms with E-state index in [0.29, 0.717) is 22.5 Å². The maximum Gasteiger partial charge on any atom is 0.348 e. The molecular formula is C19H22FNO3S. The second kappa shape index (κ2) is 7.78. The first kappa shape index (κ1) is 19.1. The number of carbonyl (C=O) groups is 2. The Hall–Kier alpha value is -2.21. The lowest BCUT2D eigenvalue weighted by molar-refractivity contribution is -0.119. The molecule has 0 bridgehead atoms. The molecule has 6 heteroatoms. The first-order valence-corrected chi connectivity index (χ1v) is 8.97. The summed E-state index contributed by atoms with van der Waals surface area (Å²) in [4.78, 5) is 26.6. The molecule has 0 aliphatic heterocycles. The molecule has 1 aromatic heterocycles. The number of thiophene rings is 1. The molecule has 0 spiro atoms. The molecule has 0 unspecified atom stereocenters. The Bertz CT molecular complexity index is 783. The Labute approximate surface area is 150 Å². The molecule has 1 amide bonds. The van der Waals surface area contributed by atoms with Crippen molar-refractivity contribution >= 4 is 28.9 Å². The molecule has 1 aromatic carbocycles. The lowest BCUT2D eigenvalue weighted by Crippen LogP contribution is -2.38. The zero-order valence-corrected chi connectivity index (χ0v) is 15.6. The highest BCUT2D eigenvalue weighted by Gasteiger charge is 2.27. The molecule has 2 rings (SSSR count). The molecule has 1 N–H and O–H groups in total. The van der Waals surface area contributed by atoms with Gasteiger partial charge in [0.2, 0.25) is 5.91 Å². The van der Waals surface area contributed by atoms with Crippen LogP contribution in [0.5, 0.6) is 0 Å². The monoisotopic (exact) mass is 363 g/mol. The Morgan fingerprint density at radius 3 is 2.40 bits per heavy atom. The second-order valence-corrected chi connectivity index (χ2v) is 7.65. The van der Waals surface area contributed by atoms with Gasteiger partial charge in [0.05, 0.1) is 5.69 Å². The topological polar surface area (TPSA) is 57.6 Å². The maximum atomic E-state index is 13.5. The van der Waals surface area contributed by atoms with Crippen LogP contribution in [0.25, 0.3) is 10.4 Å². The highest BCUT2D eigenvalue weighted by atomic mass is 32.1. The highest BCUT2D eigenvalue weighted by Crippen LogP contribution is 2.38. The number of hydrogen-bond donors (Lipinski definition) is 1. The average Bonchev–Trinajstić information content (AvgIpc) is 2.91. The highest BCUT2D eigenvalue weighted by molar-refractivity contribution is 7.18. The van der Waals surface area contributed by atoms with Gasteiger partial charge in [0.1, 0.15) is 10.7 Å². The number of benzene rings is 1. The molecule has 4 nitrogen and oxygen atoms in total. The first-order valence-electron chi connectivity index (χ1n) is 8.15. The Kier molecular flexibility index (Phi) is 5.95. The third-order valence-electron chi connectivity index (χ3n) is 3.64. The van der Waals surface area contributed by atoms with E-state index in [4.69, 9.17) is 0 Å². The lowest BCUT2D eigenvalue weighted by atomic mass is 10.1. The first-order chi connectivity index (χ1) is 11.7. The van der Waals surface area contributed by atoms with Gasteiger partial charge in [0.25, 0.3) is 0 Å². The Balaban J connectivity index is 2.54. The standard InChI is InChI=1S/C19H22FNO3S/c1-11(2)8-17(22)21(12(3)4)15-10-16(25-18(15)19(23)24)13-6-5-7-14(20)9-13/h5-7,9-12H,8H2,1-4H3,(H,23,24). The summed E-state index contributed by atoms with van der Waals surface area (Å²) in [7, 11) is 0. The fraction of sp³-hybridized carbons (Fsp3) is 0.368. The van der Waals surface area contributed by atoms with Gasteiger partial charge in [-0.3, -0.25) is 4.79 Å². The van der Waals surface area contributed by atoms with Crippen LogP contribution in [0.3, 0.4) is 0 Å². The van der Waals surface area contributed by atoms with E-state index in [9.17, 15) is 19.1 Å². The molecule has 25 heavy (non-hydrogen) atoms. The van der Waals surface area contributed by atoms with Crippen LogP contribution in [0.1, 0.15) is 43.8 Å². The molecule has 0 saturated heterocycles. The lowest BCUT2D eigenvalue weighted by Gasteiger charge is -2.27. The SMILES string of the molecule is CC(C)CC(=O)N(c1cc(-c2cccc(F)c2)sc1C(=O)O)C(C)C. The Morgan fingerprint density at radius 1 is 1.20 bits per heavy atom. The molecule has 1 heterocycles. The average molecular weight is 363 g/mol. The van der Waals surface area contributed by atoms with Gasteiger partial charge in [0.15, 0.2) is 0 Å². The van der Waals surface area contributed by atoms with Crippen molar-refractivity contribution in [1.29, 1.82) is 0 Å². The summed E-state index contributed by atoms with van der Waals surface area (Å²) in [6, 6.07) is 7.48. The van der Waals surface area contributed by atoms with Gasteiger partial charge in [-0.25, -0.2) is 9.18 Å². The molecule has 0 atom stereocenters. The molecular weight excluding hydrogens is 341 g/mol. The van der Waals surface area contributed by atoms with Crippen molar-refractivity contribution in [2.75, 3.05) is 4.90 Å². The van der Waals surface area contributed by atoms with Crippen molar-refractivity contribution in [2.45, 2.75) is 40.2 Å². The van der Waals surface area contributed by atoms with E-state index >= 15 is 0 Å². The van der Waals surface area contributed by atoms with Gasteiger partial charge in [0, 0.05) is 17.3 Å². The number of nitrogens with zero attached hydrogens (tertiary/aromatic N) is 1. The number of rotatable bonds is 6. The van der Waals surface area contributed by atoms with Crippen molar-refractivity contribution in [1.82, 2.24) is 0 Å². The van der Waals surface area contributed by atoms with Gasteiger partial charge >= 0.3 is 5.97 Å². The van der Waals surface area contributed by atoms with Crippen molar-refractivity contribution in [2.24, 2.45) is 5.92 Å². The summed E-state index contributed by atoms with van der Waals surface area (Å²) >= 11 is 1.05. The van der Waals surface area contributed by atoms with Gasteiger partial charge in [-0.2, -0.15) is 0 Å². The van der Waals surface area contributed by atoms with E-state index in [1.807, 2.05) is 27.7 Å². The molecule has 0 aliphatic rings. The van der Waals surface area contributed by atoms with Gasteiger partial charge < -0.3 is 10.0 Å². The minimum atomic E-state index is -1.09. The summed E-state index contributed by atoms with van der Waals surface area (Å²) in [5.74, 6) is -1.42. The van der Waals surface area contributed by atoms with Crippen LogP contribution in [0.4, 0.5) is 10.1 Å². The second-order valence-electron chi connectivity index (χ2n) is 6.60. The molecule has 2 aromatic rings. The van der Waals surface area contributed by atoms with E-state index in [2.05, 4.69) is 0 Å². The van der Waals surface area contributed by atoms with Crippen molar-refractivity contribution in [3.63, 3.8) is 0 Å². The van der Waals surface area contributed by atoms with Crippen LogP contribution >= 0.6 is 11.3 Å². The third kappa shape index (κ3) is 4.45. The van der Waals surface area contributed by atoms with Crippen molar-refractivity contribution < 1.29 is 19.1 Å². The number of amides is 1. The number of carboxylic acid groups (broad SMARTS) is 1. The summed E-state index contributed by atoms with van der Waals surface area (Å²) in [6.45, 7) is 7.59. The summed E-state index contributed by atoms with van der Waals surface area (Å²) in [5, 5.41) is 9.57. The molecule has 0 fully saturated rings. The van der Waals surface area contributed by atoms with Crippen LogP contribution in [0.15, 0.2) is 30.3 Å². The summed E-state index contributed by atoms with van der Waals surface area (Å²) in [5.41, 5.74) is 0.969. The van der Waals surface area contributed by atoms with Gasteiger partial charge in [-0.1, -0.05) is 26.0 Å². The predicted molar refractivity (Wildman–Crippen MR) is 98.7 cm³/mol. The number of anilines is 1. The third-order valence-corrected chi connectivity index (χ3v) is 4.80. The van der Waals surface area contributed by atoms with E-state index in [1.165, 1.54) is 17.0 Å². The maximum absolute atomic E-state index is 13.5. The van der Waals surface area contributed by atoms with Crippen LogP contribution in [-0.4, -0.2) is 23.0 Å².